The number of thioether (sulfide) groups is 1. The van der Waals surface area contributed by atoms with Crippen LogP contribution < -0.4 is 5.43 Å². The molecule has 0 bridgehead atoms. The van der Waals surface area contributed by atoms with Gasteiger partial charge in [-0.05, 0) is 61.2 Å². The number of Topliss-reactive ketones (excluding diaryl/α,β-unsaturated/α-hetero) is 1. The van der Waals surface area contributed by atoms with Crippen molar-refractivity contribution in [2.24, 2.45) is 5.10 Å². The maximum atomic E-state index is 12.4. The molecule has 0 aliphatic rings. The van der Waals surface area contributed by atoms with Gasteiger partial charge in [0.15, 0.2) is 16.7 Å². The second-order valence-corrected chi connectivity index (χ2v) is 8.95. The molecule has 6 nitrogen and oxygen atoms in total. The van der Waals surface area contributed by atoms with Crippen LogP contribution in [0.3, 0.4) is 0 Å². The smallest absolute Gasteiger partial charge is 0.202 e. The number of nitrogens with one attached hydrogen (secondary N) is 1. The van der Waals surface area contributed by atoms with Gasteiger partial charge >= 0.3 is 0 Å². The Morgan fingerprint density at radius 2 is 1.73 bits per heavy atom. The highest BCUT2D eigenvalue weighted by Gasteiger charge is 2.21. The number of benzene rings is 3. The van der Waals surface area contributed by atoms with Crippen molar-refractivity contribution >= 4 is 51.5 Å². The third-order valence-corrected chi connectivity index (χ3v) is 6.21. The summed E-state index contributed by atoms with van der Waals surface area (Å²) in [4.78, 5) is 12.4. The molecule has 1 N–H and O–H groups in total. The van der Waals surface area contributed by atoms with E-state index in [-0.39, 0.29) is 10.8 Å². The normalized spacial score (nSPS) is 11.5. The van der Waals surface area contributed by atoms with Crippen LogP contribution in [0.2, 0.25) is 10.0 Å². The molecule has 0 spiro atoms. The Morgan fingerprint density at radius 1 is 1.00 bits per heavy atom. The lowest BCUT2D eigenvalue weighted by molar-refractivity contribution is -0.110. The highest BCUT2D eigenvalue weighted by atomic mass is 35.5. The molecule has 0 fully saturated rings. The minimum Gasteiger partial charge on any atom is -0.292 e. The Hall–Kier alpha value is -3.13. The number of nitrogens with zero attached hydrogens (tertiary/aromatic N) is 4. The first-order valence-corrected chi connectivity index (χ1v) is 11.5. The second-order valence-electron chi connectivity index (χ2n) is 7.15. The van der Waals surface area contributed by atoms with E-state index in [2.05, 4.69) is 20.7 Å². The highest BCUT2D eigenvalue weighted by molar-refractivity contribution is 8.15. The second kappa shape index (κ2) is 10.2. The Morgan fingerprint density at radius 3 is 2.39 bits per heavy atom. The molecule has 0 aliphatic carbocycles. The van der Waals surface area contributed by atoms with E-state index >= 15 is 0 Å². The number of aryl methyl sites for hydroxylation is 1. The maximum Gasteiger partial charge on any atom is 0.202 e. The Labute approximate surface area is 205 Å². The first kappa shape index (κ1) is 23.0. The number of halogens is 2. The highest BCUT2D eigenvalue weighted by Crippen LogP contribution is 2.34. The molecular weight excluding hydrogens is 477 g/mol. The van der Waals surface area contributed by atoms with Crippen LogP contribution in [0.15, 0.2) is 83.1 Å². The lowest BCUT2D eigenvalue weighted by Gasteiger charge is -2.11. The zero-order valence-corrected chi connectivity index (χ0v) is 20.1. The van der Waals surface area contributed by atoms with Crippen LogP contribution in [0.5, 0.6) is 0 Å². The molecule has 0 saturated carbocycles. The number of aromatic nitrogens is 3. The number of carbonyl (C=O) groups excluding carboxylic acids is 1. The molecule has 33 heavy (non-hydrogen) atoms. The average Bonchev–Trinajstić information content (AvgIpc) is 3.21. The fourth-order valence-corrected chi connectivity index (χ4v) is 4.26. The lowest BCUT2D eigenvalue weighted by Crippen LogP contribution is -2.10. The van der Waals surface area contributed by atoms with Gasteiger partial charge in [0.1, 0.15) is 0 Å². The van der Waals surface area contributed by atoms with Crippen molar-refractivity contribution in [2.75, 3.05) is 5.43 Å². The quantitative estimate of drug-likeness (QED) is 0.140. The molecule has 0 aliphatic heterocycles. The topological polar surface area (TPSA) is 72.2 Å². The number of hydrazone groups is 1. The van der Waals surface area contributed by atoms with Crippen LogP contribution in [0, 0.1) is 6.92 Å². The summed E-state index contributed by atoms with van der Waals surface area (Å²) < 4.78 is 1.84. The maximum absolute atomic E-state index is 12.4. The van der Waals surface area contributed by atoms with Crippen LogP contribution in [-0.2, 0) is 4.79 Å². The molecule has 0 amide bonds. The number of anilines is 1. The van der Waals surface area contributed by atoms with E-state index in [4.69, 9.17) is 23.2 Å². The minimum absolute atomic E-state index is 0.201. The number of carbonyl (C=O) groups is 1. The summed E-state index contributed by atoms with van der Waals surface area (Å²) in [5.41, 5.74) is 6.34. The Bertz CT molecular complexity index is 1320. The predicted molar refractivity (Wildman–Crippen MR) is 136 cm³/mol. The third-order valence-electron chi connectivity index (χ3n) is 4.65. The molecular formula is C24H19Cl2N5OS. The SMILES string of the molecule is CC(=O)C(=NNc1ccc(C)cc1)Sc1nnc(-c2ccc(Cl)cc2Cl)n1-c1ccccc1. The van der Waals surface area contributed by atoms with E-state index in [0.29, 0.717) is 26.6 Å². The zero-order valence-electron chi connectivity index (χ0n) is 17.8. The molecule has 4 aromatic rings. The molecule has 3 aromatic carbocycles. The van der Waals surface area contributed by atoms with Crippen molar-refractivity contribution in [1.82, 2.24) is 14.8 Å². The number of para-hydroxylation sites is 1. The van der Waals surface area contributed by atoms with Crippen LogP contribution >= 0.6 is 35.0 Å². The molecule has 0 radical (unpaired) electrons. The molecule has 1 heterocycles. The summed E-state index contributed by atoms with van der Waals surface area (Å²) in [6, 6.07) is 22.5. The van der Waals surface area contributed by atoms with E-state index in [9.17, 15) is 4.79 Å². The molecule has 9 heteroatoms. The number of ketones is 1. The van der Waals surface area contributed by atoms with Crippen molar-refractivity contribution in [3.63, 3.8) is 0 Å². The van der Waals surface area contributed by atoms with Gasteiger partial charge in [0.05, 0.1) is 10.7 Å². The average molecular weight is 496 g/mol. The third kappa shape index (κ3) is 5.45. The molecule has 1 aromatic heterocycles. The zero-order chi connectivity index (χ0) is 23.4. The van der Waals surface area contributed by atoms with Gasteiger partial charge in [-0.1, -0.05) is 59.1 Å². The Balaban J connectivity index is 1.74. The largest absolute Gasteiger partial charge is 0.292 e. The van der Waals surface area contributed by atoms with Crippen molar-refractivity contribution in [1.29, 1.82) is 0 Å². The van der Waals surface area contributed by atoms with E-state index in [1.807, 2.05) is 66.1 Å². The van der Waals surface area contributed by atoms with Gasteiger partial charge in [-0.3, -0.25) is 14.8 Å². The van der Waals surface area contributed by atoms with Crippen molar-refractivity contribution in [2.45, 2.75) is 19.0 Å². The molecule has 166 valence electrons. The Kier molecular flexibility index (Phi) is 7.13. The van der Waals surface area contributed by atoms with Gasteiger partial charge in [-0.15, -0.1) is 10.2 Å². The number of rotatable bonds is 6. The fourth-order valence-electron chi connectivity index (χ4n) is 2.99. The molecule has 4 rings (SSSR count). The summed E-state index contributed by atoms with van der Waals surface area (Å²) in [7, 11) is 0. The minimum atomic E-state index is -0.201. The standard InChI is InChI=1S/C24H19Cl2N5OS/c1-15-8-11-18(12-9-15)27-29-23(16(2)32)33-24-30-28-22(20-13-10-17(25)14-21(20)26)31(24)19-6-4-3-5-7-19/h3-14,27H,1-2H3. The summed E-state index contributed by atoms with van der Waals surface area (Å²) in [6.07, 6.45) is 0. The van der Waals surface area contributed by atoms with Crippen LogP contribution in [0.25, 0.3) is 17.1 Å². The van der Waals surface area contributed by atoms with E-state index < -0.39 is 0 Å². The van der Waals surface area contributed by atoms with Crippen molar-refractivity contribution in [3.8, 4) is 17.1 Å². The summed E-state index contributed by atoms with van der Waals surface area (Å²) in [5.74, 6) is 0.327. The van der Waals surface area contributed by atoms with E-state index in [1.54, 1.807) is 18.2 Å². The van der Waals surface area contributed by atoms with Crippen molar-refractivity contribution < 1.29 is 4.79 Å². The summed E-state index contributed by atoms with van der Waals surface area (Å²) >= 11 is 13.7. The monoisotopic (exact) mass is 495 g/mol. The van der Waals surface area contributed by atoms with Gasteiger partial charge in [0.25, 0.3) is 0 Å². The van der Waals surface area contributed by atoms with E-state index in [1.165, 1.54) is 6.92 Å². The van der Waals surface area contributed by atoms with Gasteiger partial charge in [0, 0.05) is 23.2 Å². The summed E-state index contributed by atoms with van der Waals surface area (Å²) in [6.45, 7) is 3.47. The van der Waals surface area contributed by atoms with Gasteiger partial charge < -0.3 is 0 Å². The van der Waals surface area contributed by atoms with Gasteiger partial charge in [-0.2, -0.15) is 5.10 Å². The van der Waals surface area contributed by atoms with Crippen LogP contribution in [0.4, 0.5) is 5.69 Å². The molecule has 0 unspecified atom stereocenters. The fraction of sp³-hybridized carbons (Fsp3) is 0.0833. The van der Waals surface area contributed by atoms with Crippen LogP contribution in [0.1, 0.15) is 12.5 Å². The molecule has 0 atom stereocenters. The van der Waals surface area contributed by atoms with Gasteiger partial charge in [0.2, 0.25) is 5.16 Å². The van der Waals surface area contributed by atoms with Crippen molar-refractivity contribution in [3.05, 3.63) is 88.4 Å². The lowest BCUT2D eigenvalue weighted by atomic mass is 10.2. The predicted octanol–water partition coefficient (Wildman–Crippen LogP) is 6.66. The van der Waals surface area contributed by atoms with Crippen LogP contribution in [-0.4, -0.2) is 25.6 Å². The summed E-state index contributed by atoms with van der Waals surface area (Å²) in [5, 5.41) is 14.7. The first-order valence-electron chi connectivity index (χ1n) is 9.98. The number of hydrogen-bond acceptors (Lipinski definition) is 6. The first-order chi connectivity index (χ1) is 15.9. The number of hydrogen-bond donors (Lipinski definition) is 1. The van der Waals surface area contributed by atoms with Gasteiger partial charge in [-0.25, -0.2) is 0 Å². The molecule has 0 saturated heterocycles. The van der Waals surface area contributed by atoms with E-state index in [0.717, 1.165) is 28.7 Å².